The number of ether oxygens (including phenoxy) is 2. The molecule has 2 nitrogen and oxygen atoms in total. The predicted octanol–water partition coefficient (Wildman–Crippen LogP) is 2.36. The second kappa shape index (κ2) is 5.96. The van der Waals surface area contributed by atoms with E-state index in [1.54, 1.807) is 0 Å². The van der Waals surface area contributed by atoms with Gasteiger partial charge in [0.15, 0.2) is 6.29 Å². The first-order valence-electron chi connectivity index (χ1n) is 3.61. The largest absolute Gasteiger partial charge is 0.353 e. The minimum atomic E-state index is -0.221. The Morgan fingerprint density at radius 3 is 2.40 bits per heavy atom. The SMILES string of the molecule is CCOC(C)OC(Cl)CC. The molecule has 0 aliphatic carbocycles. The van der Waals surface area contributed by atoms with Gasteiger partial charge in [0.2, 0.25) is 0 Å². The van der Waals surface area contributed by atoms with Crippen LogP contribution in [-0.4, -0.2) is 18.5 Å². The molecule has 0 radical (unpaired) electrons. The number of alkyl halides is 1. The summed E-state index contributed by atoms with van der Waals surface area (Å²) >= 11 is 5.69. The molecule has 0 amide bonds. The number of rotatable bonds is 5. The monoisotopic (exact) mass is 166 g/mol. The summed E-state index contributed by atoms with van der Waals surface area (Å²) in [6, 6.07) is 0. The van der Waals surface area contributed by atoms with Crippen molar-refractivity contribution < 1.29 is 9.47 Å². The van der Waals surface area contributed by atoms with Crippen LogP contribution in [0.15, 0.2) is 0 Å². The third kappa shape index (κ3) is 5.03. The highest BCUT2D eigenvalue weighted by Crippen LogP contribution is 2.07. The molecule has 0 saturated carbocycles. The summed E-state index contributed by atoms with van der Waals surface area (Å²) in [6.07, 6.45) is 0.617. The van der Waals surface area contributed by atoms with Gasteiger partial charge in [0, 0.05) is 6.61 Å². The third-order valence-corrected chi connectivity index (χ3v) is 1.47. The quantitative estimate of drug-likeness (QED) is 0.461. The Bertz CT molecular complexity index is 78.0. The maximum absolute atomic E-state index is 5.69. The molecule has 0 aliphatic rings. The van der Waals surface area contributed by atoms with Gasteiger partial charge in [-0.25, -0.2) is 0 Å². The summed E-state index contributed by atoms with van der Waals surface area (Å²) in [6.45, 7) is 6.40. The molecule has 0 aromatic heterocycles. The molecule has 62 valence electrons. The van der Waals surface area contributed by atoms with E-state index >= 15 is 0 Å². The summed E-state index contributed by atoms with van der Waals surface area (Å²) in [7, 11) is 0. The van der Waals surface area contributed by atoms with Crippen molar-refractivity contribution in [1.82, 2.24) is 0 Å². The van der Waals surface area contributed by atoms with Crippen LogP contribution in [0.25, 0.3) is 0 Å². The lowest BCUT2D eigenvalue weighted by atomic mass is 10.5. The van der Waals surface area contributed by atoms with Gasteiger partial charge in [-0.2, -0.15) is 0 Å². The fourth-order valence-corrected chi connectivity index (χ4v) is 0.723. The Morgan fingerprint density at radius 1 is 1.40 bits per heavy atom. The molecule has 0 bridgehead atoms. The third-order valence-electron chi connectivity index (χ3n) is 1.06. The lowest BCUT2D eigenvalue weighted by Gasteiger charge is -2.15. The van der Waals surface area contributed by atoms with Crippen LogP contribution < -0.4 is 0 Å². The maximum Gasteiger partial charge on any atom is 0.156 e. The first-order chi connectivity index (χ1) is 4.70. The molecule has 0 aromatic rings. The maximum atomic E-state index is 5.69. The highest BCUT2D eigenvalue weighted by Gasteiger charge is 2.06. The number of hydrogen-bond acceptors (Lipinski definition) is 2. The molecule has 0 rings (SSSR count). The van der Waals surface area contributed by atoms with Gasteiger partial charge in [0.1, 0.15) is 5.56 Å². The van der Waals surface area contributed by atoms with Crippen LogP contribution in [0.1, 0.15) is 27.2 Å². The average Bonchev–Trinajstić information content (AvgIpc) is 1.88. The van der Waals surface area contributed by atoms with E-state index in [2.05, 4.69) is 0 Å². The predicted molar refractivity (Wildman–Crippen MR) is 42.1 cm³/mol. The fraction of sp³-hybridized carbons (Fsp3) is 1.00. The molecule has 0 aliphatic heterocycles. The van der Waals surface area contributed by atoms with E-state index in [1.165, 1.54) is 0 Å². The van der Waals surface area contributed by atoms with Crippen molar-refractivity contribution in [2.75, 3.05) is 6.61 Å². The van der Waals surface area contributed by atoms with Gasteiger partial charge in [0.25, 0.3) is 0 Å². The van der Waals surface area contributed by atoms with Gasteiger partial charge in [-0.15, -0.1) is 0 Å². The van der Waals surface area contributed by atoms with Crippen molar-refractivity contribution in [3.8, 4) is 0 Å². The Labute approximate surface area is 67.5 Å². The molecule has 0 fully saturated rings. The number of hydrogen-bond donors (Lipinski definition) is 0. The molecule has 0 heterocycles. The molecule has 3 heteroatoms. The lowest BCUT2D eigenvalue weighted by Crippen LogP contribution is -2.17. The second-order valence-electron chi connectivity index (χ2n) is 1.98. The summed E-state index contributed by atoms with van der Waals surface area (Å²) in [5.41, 5.74) is -0.221. The minimum absolute atomic E-state index is 0.188. The van der Waals surface area contributed by atoms with Gasteiger partial charge in [0.05, 0.1) is 0 Å². The van der Waals surface area contributed by atoms with E-state index in [0.29, 0.717) is 6.61 Å². The molecular formula is C7H15ClO2. The molecule has 0 saturated heterocycles. The van der Waals surface area contributed by atoms with Crippen LogP contribution in [0.2, 0.25) is 0 Å². The van der Waals surface area contributed by atoms with Crippen molar-refractivity contribution in [2.45, 2.75) is 39.0 Å². The van der Waals surface area contributed by atoms with E-state index in [0.717, 1.165) is 6.42 Å². The Morgan fingerprint density at radius 2 is 2.00 bits per heavy atom. The highest BCUT2D eigenvalue weighted by atomic mass is 35.5. The van der Waals surface area contributed by atoms with Gasteiger partial charge < -0.3 is 9.47 Å². The summed E-state index contributed by atoms with van der Waals surface area (Å²) in [5, 5.41) is 0. The summed E-state index contributed by atoms with van der Waals surface area (Å²) in [5.74, 6) is 0. The molecule has 0 aromatic carbocycles. The van der Waals surface area contributed by atoms with Crippen molar-refractivity contribution in [1.29, 1.82) is 0 Å². The van der Waals surface area contributed by atoms with Crippen LogP contribution in [0.3, 0.4) is 0 Å². The zero-order valence-corrected chi connectivity index (χ0v) is 7.52. The van der Waals surface area contributed by atoms with Crippen molar-refractivity contribution >= 4 is 11.6 Å². The van der Waals surface area contributed by atoms with Crippen molar-refractivity contribution in [3.63, 3.8) is 0 Å². The van der Waals surface area contributed by atoms with Gasteiger partial charge >= 0.3 is 0 Å². The van der Waals surface area contributed by atoms with Crippen LogP contribution in [-0.2, 0) is 9.47 Å². The first kappa shape index (κ1) is 10.2. The Hall–Kier alpha value is 0.210. The molecule has 10 heavy (non-hydrogen) atoms. The Kier molecular flexibility index (Phi) is 6.08. The van der Waals surface area contributed by atoms with Crippen LogP contribution in [0.5, 0.6) is 0 Å². The minimum Gasteiger partial charge on any atom is -0.353 e. The van der Waals surface area contributed by atoms with Gasteiger partial charge in [-0.05, 0) is 20.3 Å². The van der Waals surface area contributed by atoms with E-state index in [1.807, 2.05) is 20.8 Å². The average molecular weight is 167 g/mol. The smallest absolute Gasteiger partial charge is 0.156 e. The van der Waals surface area contributed by atoms with Crippen LogP contribution >= 0.6 is 11.6 Å². The summed E-state index contributed by atoms with van der Waals surface area (Å²) in [4.78, 5) is 0. The normalized spacial score (nSPS) is 16.8. The van der Waals surface area contributed by atoms with E-state index in [4.69, 9.17) is 21.1 Å². The van der Waals surface area contributed by atoms with Crippen molar-refractivity contribution in [2.24, 2.45) is 0 Å². The Balaban J connectivity index is 3.27. The van der Waals surface area contributed by atoms with Gasteiger partial charge in [-0.1, -0.05) is 18.5 Å². The zero-order chi connectivity index (χ0) is 7.98. The lowest BCUT2D eigenvalue weighted by molar-refractivity contribution is -0.137. The van der Waals surface area contributed by atoms with Crippen molar-refractivity contribution in [3.05, 3.63) is 0 Å². The zero-order valence-electron chi connectivity index (χ0n) is 6.76. The topological polar surface area (TPSA) is 18.5 Å². The molecule has 0 N–H and O–H groups in total. The van der Waals surface area contributed by atoms with E-state index in [-0.39, 0.29) is 11.9 Å². The molecule has 0 spiro atoms. The van der Waals surface area contributed by atoms with E-state index < -0.39 is 0 Å². The van der Waals surface area contributed by atoms with E-state index in [9.17, 15) is 0 Å². The molecule has 2 atom stereocenters. The van der Waals surface area contributed by atoms with Gasteiger partial charge in [-0.3, -0.25) is 0 Å². The van der Waals surface area contributed by atoms with Crippen LogP contribution in [0.4, 0.5) is 0 Å². The second-order valence-corrected chi connectivity index (χ2v) is 2.46. The first-order valence-corrected chi connectivity index (χ1v) is 4.05. The standard InChI is InChI=1S/C7H15ClO2/c1-4-7(8)10-6(3)9-5-2/h6-7H,4-5H2,1-3H3. The number of halogens is 1. The molecular weight excluding hydrogens is 152 g/mol. The molecule has 2 unspecified atom stereocenters. The van der Waals surface area contributed by atoms with Crippen LogP contribution in [0, 0.1) is 0 Å². The fourth-order valence-electron chi connectivity index (χ4n) is 0.578. The summed E-state index contributed by atoms with van der Waals surface area (Å²) < 4.78 is 10.3. The highest BCUT2D eigenvalue weighted by molar-refractivity contribution is 6.19.